The molecule has 1 aromatic rings. The Morgan fingerprint density at radius 1 is 1.39 bits per heavy atom. The number of hydrogen-bond donors (Lipinski definition) is 1. The van der Waals surface area contributed by atoms with Gasteiger partial charge in [0, 0.05) is 5.56 Å². The molecule has 0 radical (unpaired) electrons. The molecule has 0 unspecified atom stereocenters. The molecule has 0 heterocycles. The number of halogens is 1. The van der Waals surface area contributed by atoms with E-state index in [2.05, 4.69) is 0 Å². The zero-order valence-corrected chi connectivity index (χ0v) is 10.5. The Hall–Kier alpha value is -1.46. The summed E-state index contributed by atoms with van der Waals surface area (Å²) < 4.78 is 24.2. The van der Waals surface area contributed by atoms with Gasteiger partial charge in [0.15, 0.2) is 0 Å². The first-order valence-corrected chi connectivity index (χ1v) is 5.72. The molecule has 0 amide bonds. The minimum atomic E-state index is -1.28. The number of benzene rings is 1. The van der Waals surface area contributed by atoms with Crippen molar-refractivity contribution in [3.63, 3.8) is 0 Å². The molecule has 0 saturated heterocycles. The van der Waals surface area contributed by atoms with Gasteiger partial charge in [0.1, 0.15) is 5.82 Å². The third-order valence-electron chi connectivity index (χ3n) is 2.25. The zero-order chi connectivity index (χ0) is 13.5. The summed E-state index contributed by atoms with van der Waals surface area (Å²) in [7, 11) is 0. The van der Waals surface area contributed by atoms with Gasteiger partial charge in [-0.25, -0.2) is 9.18 Å². The standard InChI is InChI=1S/C13H17FO4/c1-9(2)18-7-6-17-8-10-4-3-5-11(12(10)14)13(15)16/h3-5,9H,6-8H2,1-2H3,(H,15,16). The van der Waals surface area contributed by atoms with E-state index in [-0.39, 0.29) is 23.8 Å². The molecule has 0 aliphatic heterocycles. The van der Waals surface area contributed by atoms with E-state index in [4.69, 9.17) is 14.6 Å². The number of ether oxygens (including phenoxy) is 2. The van der Waals surface area contributed by atoms with Crippen LogP contribution in [0.2, 0.25) is 0 Å². The fourth-order valence-electron chi connectivity index (χ4n) is 1.38. The van der Waals surface area contributed by atoms with Gasteiger partial charge >= 0.3 is 5.97 Å². The van der Waals surface area contributed by atoms with E-state index in [9.17, 15) is 9.18 Å². The topological polar surface area (TPSA) is 55.8 Å². The first kappa shape index (κ1) is 14.6. The molecule has 18 heavy (non-hydrogen) atoms. The third kappa shape index (κ3) is 4.43. The maximum Gasteiger partial charge on any atom is 0.338 e. The molecule has 1 aromatic carbocycles. The van der Waals surface area contributed by atoms with Crippen molar-refractivity contribution in [3.05, 3.63) is 35.1 Å². The lowest BCUT2D eigenvalue weighted by Gasteiger charge is -2.09. The number of carboxylic acid groups (broad SMARTS) is 1. The molecule has 100 valence electrons. The van der Waals surface area contributed by atoms with Crippen LogP contribution in [0, 0.1) is 5.82 Å². The smallest absolute Gasteiger partial charge is 0.338 e. The number of carboxylic acids is 1. The van der Waals surface area contributed by atoms with E-state index in [1.807, 2.05) is 13.8 Å². The molecule has 0 aliphatic carbocycles. The monoisotopic (exact) mass is 256 g/mol. The van der Waals surface area contributed by atoms with E-state index in [0.717, 1.165) is 0 Å². The summed E-state index contributed by atoms with van der Waals surface area (Å²) in [5.41, 5.74) is -0.103. The lowest BCUT2D eigenvalue weighted by molar-refractivity contribution is 0.0136. The fraction of sp³-hybridized carbons (Fsp3) is 0.462. The highest BCUT2D eigenvalue weighted by Crippen LogP contribution is 2.14. The van der Waals surface area contributed by atoms with Crippen LogP contribution in [0.25, 0.3) is 0 Å². The number of rotatable bonds is 7. The van der Waals surface area contributed by atoms with Gasteiger partial charge in [-0.1, -0.05) is 12.1 Å². The molecule has 0 aliphatic rings. The van der Waals surface area contributed by atoms with Gasteiger partial charge in [0.2, 0.25) is 0 Å². The van der Waals surface area contributed by atoms with Crippen LogP contribution in [0.5, 0.6) is 0 Å². The fourth-order valence-corrected chi connectivity index (χ4v) is 1.38. The predicted molar refractivity (Wildman–Crippen MR) is 64.1 cm³/mol. The van der Waals surface area contributed by atoms with Crippen molar-refractivity contribution >= 4 is 5.97 Å². The lowest BCUT2D eigenvalue weighted by Crippen LogP contribution is -2.10. The molecule has 0 spiro atoms. The first-order chi connectivity index (χ1) is 8.52. The van der Waals surface area contributed by atoms with Gasteiger partial charge in [-0.15, -0.1) is 0 Å². The summed E-state index contributed by atoms with van der Waals surface area (Å²) in [6.07, 6.45) is 0.126. The summed E-state index contributed by atoms with van der Waals surface area (Å²) >= 11 is 0. The maximum absolute atomic E-state index is 13.7. The van der Waals surface area contributed by atoms with Crippen molar-refractivity contribution in [3.8, 4) is 0 Å². The Balaban J connectivity index is 2.48. The normalized spacial score (nSPS) is 10.9. The van der Waals surface area contributed by atoms with Gasteiger partial charge < -0.3 is 14.6 Å². The largest absolute Gasteiger partial charge is 0.478 e. The van der Waals surface area contributed by atoms with E-state index in [1.54, 1.807) is 0 Å². The van der Waals surface area contributed by atoms with Crippen LogP contribution in [0.4, 0.5) is 4.39 Å². The molecule has 0 aromatic heterocycles. The Morgan fingerprint density at radius 2 is 2.11 bits per heavy atom. The van der Waals surface area contributed by atoms with E-state index in [0.29, 0.717) is 13.2 Å². The average molecular weight is 256 g/mol. The van der Waals surface area contributed by atoms with Gasteiger partial charge in [-0.2, -0.15) is 0 Å². The number of hydrogen-bond acceptors (Lipinski definition) is 3. The van der Waals surface area contributed by atoms with Gasteiger partial charge in [-0.05, 0) is 19.9 Å². The second kappa shape index (κ2) is 7.08. The van der Waals surface area contributed by atoms with Crippen LogP contribution in [-0.2, 0) is 16.1 Å². The van der Waals surface area contributed by atoms with Crippen LogP contribution < -0.4 is 0 Å². The van der Waals surface area contributed by atoms with Crippen LogP contribution in [0.1, 0.15) is 29.8 Å². The van der Waals surface area contributed by atoms with E-state index in [1.165, 1.54) is 18.2 Å². The molecule has 0 fully saturated rings. The molecule has 0 atom stereocenters. The van der Waals surface area contributed by atoms with Crippen LogP contribution >= 0.6 is 0 Å². The summed E-state index contributed by atoms with van der Waals surface area (Å²) in [5, 5.41) is 8.76. The first-order valence-electron chi connectivity index (χ1n) is 5.72. The summed E-state index contributed by atoms with van der Waals surface area (Å²) in [6.45, 7) is 4.63. The number of carbonyl (C=O) groups is 1. The second-order valence-corrected chi connectivity index (χ2v) is 4.06. The highest BCUT2D eigenvalue weighted by molar-refractivity contribution is 5.88. The molecule has 0 saturated carbocycles. The molecule has 1 rings (SSSR count). The predicted octanol–water partition coefficient (Wildman–Crippen LogP) is 2.47. The van der Waals surface area contributed by atoms with Gasteiger partial charge in [0.05, 0.1) is 31.5 Å². The average Bonchev–Trinajstić information content (AvgIpc) is 2.30. The van der Waals surface area contributed by atoms with Crippen molar-refractivity contribution in [2.75, 3.05) is 13.2 Å². The molecule has 0 bridgehead atoms. The SMILES string of the molecule is CC(C)OCCOCc1cccc(C(=O)O)c1F. The zero-order valence-electron chi connectivity index (χ0n) is 10.5. The van der Waals surface area contributed by atoms with Gasteiger partial charge in [-0.3, -0.25) is 0 Å². The Bertz CT molecular complexity index is 404. The molecule has 4 nitrogen and oxygen atoms in total. The minimum Gasteiger partial charge on any atom is -0.478 e. The number of aromatic carboxylic acids is 1. The quantitative estimate of drug-likeness (QED) is 0.761. The summed E-state index contributed by atoms with van der Waals surface area (Å²) in [6, 6.07) is 4.23. The van der Waals surface area contributed by atoms with E-state index < -0.39 is 11.8 Å². The summed E-state index contributed by atoms with van der Waals surface area (Å²) in [4.78, 5) is 10.7. The van der Waals surface area contributed by atoms with Gasteiger partial charge in [0.25, 0.3) is 0 Å². The van der Waals surface area contributed by atoms with Crippen molar-refractivity contribution < 1.29 is 23.8 Å². The molecular weight excluding hydrogens is 239 g/mol. The van der Waals surface area contributed by atoms with Crippen LogP contribution in [0.15, 0.2) is 18.2 Å². The molecule has 5 heteroatoms. The van der Waals surface area contributed by atoms with Crippen molar-refractivity contribution in [1.29, 1.82) is 0 Å². The van der Waals surface area contributed by atoms with Crippen LogP contribution in [-0.4, -0.2) is 30.4 Å². The summed E-state index contributed by atoms with van der Waals surface area (Å²) in [5.74, 6) is -2.02. The van der Waals surface area contributed by atoms with Crippen LogP contribution in [0.3, 0.4) is 0 Å². The van der Waals surface area contributed by atoms with Crippen molar-refractivity contribution in [2.24, 2.45) is 0 Å². The molecule has 1 N–H and O–H groups in total. The Morgan fingerprint density at radius 3 is 2.72 bits per heavy atom. The second-order valence-electron chi connectivity index (χ2n) is 4.06. The van der Waals surface area contributed by atoms with Crippen molar-refractivity contribution in [2.45, 2.75) is 26.6 Å². The Labute approximate surface area is 105 Å². The Kier molecular flexibility index (Phi) is 5.74. The van der Waals surface area contributed by atoms with Crippen molar-refractivity contribution in [1.82, 2.24) is 0 Å². The minimum absolute atomic E-state index is 0.0361. The maximum atomic E-state index is 13.7. The van der Waals surface area contributed by atoms with E-state index >= 15 is 0 Å². The lowest BCUT2D eigenvalue weighted by atomic mass is 10.1. The highest BCUT2D eigenvalue weighted by atomic mass is 19.1. The molecular formula is C13H17FO4. The highest BCUT2D eigenvalue weighted by Gasteiger charge is 2.13. The third-order valence-corrected chi connectivity index (χ3v) is 2.25.